The monoisotopic (exact) mass is 228 g/mol. The molecule has 5 nitrogen and oxygen atoms in total. The predicted octanol–water partition coefficient (Wildman–Crippen LogP) is -0.386. The summed E-state index contributed by atoms with van der Waals surface area (Å²) in [4.78, 5) is 13.6. The van der Waals surface area contributed by atoms with Gasteiger partial charge in [0.05, 0.1) is 19.3 Å². The van der Waals surface area contributed by atoms with E-state index in [2.05, 4.69) is 5.32 Å². The molecule has 2 aliphatic rings. The zero-order chi connectivity index (χ0) is 11.2. The number of nitrogens with zero attached hydrogens (tertiary/aromatic N) is 1. The van der Waals surface area contributed by atoms with Crippen LogP contribution in [0.5, 0.6) is 0 Å². The van der Waals surface area contributed by atoms with E-state index in [1.165, 1.54) is 0 Å². The summed E-state index contributed by atoms with van der Waals surface area (Å²) in [5.74, 6) is 0.0915. The fourth-order valence-electron chi connectivity index (χ4n) is 2.06. The van der Waals surface area contributed by atoms with Crippen molar-refractivity contribution in [1.29, 1.82) is 0 Å². The van der Waals surface area contributed by atoms with Crippen LogP contribution < -0.4 is 5.32 Å². The normalized spacial score (nSPS) is 26.8. The van der Waals surface area contributed by atoms with Crippen molar-refractivity contribution in [3.8, 4) is 0 Å². The summed E-state index contributed by atoms with van der Waals surface area (Å²) in [6.45, 7) is 4.85. The van der Waals surface area contributed by atoms with Crippen LogP contribution in [-0.4, -0.2) is 62.9 Å². The van der Waals surface area contributed by atoms with Crippen molar-refractivity contribution in [3.05, 3.63) is 0 Å². The number of carbonyl (C=O) groups is 1. The van der Waals surface area contributed by atoms with E-state index in [0.717, 1.165) is 25.9 Å². The minimum Gasteiger partial charge on any atom is -0.378 e. The van der Waals surface area contributed by atoms with Gasteiger partial charge in [0.1, 0.15) is 6.61 Å². The van der Waals surface area contributed by atoms with Gasteiger partial charge in [0.25, 0.3) is 0 Å². The first kappa shape index (κ1) is 11.8. The van der Waals surface area contributed by atoms with Gasteiger partial charge in [0, 0.05) is 19.6 Å². The summed E-state index contributed by atoms with van der Waals surface area (Å²) in [5.41, 5.74) is 0. The summed E-state index contributed by atoms with van der Waals surface area (Å²) in [6.07, 6.45) is 2.40. The molecule has 0 saturated carbocycles. The molecule has 92 valence electrons. The van der Waals surface area contributed by atoms with E-state index in [-0.39, 0.29) is 18.6 Å². The minimum absolute atomic E-state index is 0.0915. The van der Waals surface area contributed by atoms with Gasteiger partial charge in [-0.2, -0.15) is 0 Å². The molecule has 16 heavy (non-hydrogen) atoms. The van der Waals surface area contributed by atoms with Crippen LogP contribution in [-0.2, 0) is 14.3 Å². The minimum atomic E-state index is 0.0915. The van der Waals surface area contributed by atoms with Gasteiger partial charge in [-0.3, -0.25) is 4.79 Å². The Morgan fingerprint density at radius 3 is 2.94 bits per heavy atom. The van der Waals surface area contributed by atoms with Crippen LogP contribution in [0.3, 0.4) is 0 Å². The Bertz CT molecular complexity index is 223. The zero-order valence-electron chi connectivity index (χ0n) is 9.61. The smallest absolute Gasteiger partial charge is 0.248 e. The Kier molecular flexibility index (Phi) is 4.56. The van der Waals surface area contributed by atoms with Crippen molar-refractivity contribution >= 4 is 5.91 Å². The fourth-order valence-corrected chi connectivity index (χ4v) is 2.06. The number of rotatable bonds is 3. The maximum Gasteiger partial charge on any atom is 0.248 e. The molecule has 0 unspecified atom stereocenters. The van der Waals surface area contributed by atoms with E-state index >= 15 is 0 Å². The third kappa shape index (κ3) is 3.43. The molecular formula is C11H20N2O3. The van der Waals surface area contributed by atoms with Crippen LogP contribution in [0.1, 0.15) is 12.8 Å². The van der Waals surface area contributed by atoms with E-state index in [4.69, 9.17) is 9.47 Å². The van der Waals surface area contributed by atoms with Crippen LogP contribution in [0.2, 0.25) is 0 Å². The molecule has 2 heterocycles. The number of ether oxygens (including phenoxy) is 2. The first-order valence-corrected chi connectivity index (χ1v) is 6.04. The van der Waals surface area contributed by atoms with E-state index < -0.39 is 0 Å². The first-order valence-electron chi connectivity index (χ1n) is 6.04. The van der Waals surface area contributed by atoms with Crippen LogP contribution in [0, 0.1) is 0 Å². The Morgan fingerprint density at radius 1 is 1.44 bits per heavy atom. The van der Waals surface area contributed by atoms with Crippen LogP contribution >= 0.6 is 0 Å². The second-order valence-corrected chi connectivity index (χ2v) is 4.27. The van der Waals surface area contributed by atoms with E-state index in [9.17, 15) is 4.79 Å². The molecule has 1 N–H and O–H groups in total. The third-order valence-electron chi connectivity index (χ3n) is 3.06. The van der Waals surface area contributed by atoms with Crippen LogP contribution in [0.4, 0.5) is 0 Å². The SMILES string of the molecule is O=C(CO[C@H]1CCCNC1)N1CCOCC1. The quantitative estimate of drug-likeness (QED) is 0.715. The van der Waals surface area contributed by atoms with E-state index in [0.29, 0.717) is 26.3 Å². The van der Waals surface area contributed by atoms with Crippen LogP contribution in [0.15, 0.2) is 0 Å². The van der Waals surface area contributed by atoms with Crippen molar-refractivity contribution in [3.63, 3.8) is 0 Å². The van der Waals surface area contributed by atoms with Gasteiger partial charge < -0.3 is 19.7 Å². The maximum atomic E-state index is 11.8. The number of nitrogens with one attached hydrogen (secondary N) is 1. The van der Waals surface area contributed by atoms with Gasteiger partial charge in [-0.15, -0.1) is 0 Å². The largest absolute Gasteiger partial charge is 0.378 e. The second kappa shape index (κ2) is 6.18. The number of morpholine rings is 1. The molecule has 0 aliphatic carbocycles. The van der Waals surface area contributed by atoms with Gasteiger partial charge in [-0.1, -0.05) is 0 Å². The van der Waals surface area contributed by atoms with Crippen molar-refractivity contribution in [2.24, 2.45) is 0 Å². The molecule has 0 aromatic heterocycles. The summed E-state index contributed by atoms with van der Waals surface area (Å²) >= 11 is 0. The van der Waals surface area contributed by atoms with Gasteiger partial charge in [0.2, 0.25) is 5.91 Å². The lowest BCUT2D eigenvalue weighted by molar-refractivity contribution is -0.142. The summed E-state index contributed by atoms with van der Waals surface area (Å²) in [5, 5.41) is 3.27. The molecule has 2 fully saturated rings. The molecule has 2 aliphatic heterocycles. The molecule has 1 amide bonds. The summed E-state index contributed by atoms with van der Waals surface area (Å²) in [6, 6.07) is 0. The average molecular weight is 228 g/mol. The number of amides is 1. The lowest BCUT2D eigenvalue weighted by Gasteiger charge is -2.28. The van der Waals surface area contributed by atoms with Crippen molar-refractivity contribution < 1.29 is 14.3 Å². The number of carbonyl (C=O) groups excluding carboxylic acids is 1. The highest BCUT2D eigenvalue weighted by atomic mass is 16.5. The van der Waals surface area contributed by atoms with Crippen molar-refractivity contribution in [1.82, 2.24) is 10.2 Å². The molecule has 5 heteroatoms. The van der Waals surface area contributed by atoms with E-state index in [1.807, 2.05) is 4.90 Å². The zero-order valence-corrected chi connectivity index (χ0v) is 9.61. The van der Waals surface area contributed by atoms with Gasteiger partial charge in [-0.05, 0) is 19.4 Å². The van der Waals surface area contributed by atoms with Crippen molar-refractivity contribution in [2.45, 2.75) is 18.9 Å². The summed E-state index contributed by atoms with van der Waals surface area (Å²) < 4.78 is 10.8. The molecule has 2 rings (SSSR count). The number of hydrogen-bond acceptors (Lipinski definition) is 4. The number of piperidine rings is 1. The topological polar surface area (TPSA) is 50.8 Å². The standard InChI is InChI=1S/C11H20N2O3/c14-11(13-4-6-15-7-5-13)9-16-10-2-1-3-12-8-10/h10,12H,1-9H2/t10-/m0/s1. The van der Waals surface area contributed by atoms with Gasteiger partial charge in [-0.25, -0.2) is 0 Å². The molecule has 1 atom stereocenters. The molecular weight excluding hydrogens is 208 g/mol. The highest BCUT2D eigenvalue weighted by Crippen LogP contribution is 2.06. The van der Waals surface area contributed by atoms with Gasteiger partial charge in [0.15, 0.2) is 0 Å². The highest BCUT2D eigenvalue weighted by molar-refractivity contribution is 5.77. The van der Waals surface area contributed by atoms with Gasteiger partial charge >= 0.3 is 0 Å². The predicted molar refractivity (Wildman–Crippen MR) is 59.2 cm³/mol. The fraction of sp³-hybridized carbons (Fsp3) is 0.909. The molecule has 0 spiro atoms. The van der Waals surface area contributed by atoms with E-state index in [1.54, 1.807) is 0 Å². The highest BCUT2D eigenvalue weighted by Gasteiger charge is 2.19. The maximum absolute atomic E-state index is 11.8. The van der Waals surface area contributed by atoms with Crippen molar-refractivity contribution in [2.75, 3.05) is 46.0 Å². The second-order valence-electron chi connectivity index (χ2n) is 4.27. The molecule has 0 bridgehead atoms. The molecule has 0 aromatic rings. The Balaban J connectivity index is 1.65. The third-order valence-corrected chi connectivity index (χ3v) is 3.06. The Hall–Kier alpha value is -0.650. The molecule has 0 radical (unpaired) electrons. The Morgan fingerprint density at radius 2 is 2.25 bits per heavy atom. The lowest BCUT2D eigenvalue weighted by Crippen LogP contribution is -2.44. The first-order chi connectivity index (χ1) is 7.86. The summed E-state index contributed by atoms with van der Waals surface area (Å²) in [7, 11) is 0. The average Bonchev–Trinajstić information content (AvgIpc) is 2.38. The number of hydrogen-bond donors (Lipinski definition) is 1. The molecule has 2 saturated heterocycles. The lowest BCUT2D eigenvalue weighted by atomic mass is 10.1. The molecule has 0 aromatic carbocycles. The van der Waals surface area contributed by atoms with Crippen LogP contribution in [0.25, 0.3) is 0 Å². The Labute approximate surface area is 96.1 Å².